The summed E-state index contributed by atoms with van der Waals surface area (Å²) < 4.78 is 28.2. The number of hydrogen-bond donors (Lipinski definition) is 1. The number of hydrogen-bond acceptors (Lipinski definition) is 3. The van der Waals surface area contributed by atoms with Gasteiger partial charge >= 0.3 is 0 Å². The van der Waals surface area contributed by atoms with E-state index in [1.807, 2.05) is 19.1 Å². The van der Waals surface area contributed by atoms with Crippen LogP contribution in [0.25, 0.3) is 0 Å². The second-order valence-electron chi connectivity index (χ2n) is 5.89. The van der Waals surface area contributed by atoms with Gasteiger partial charge < -0.3 is 5.73 Å². The summed E-state index contributed by atoms with van der Waals surface area (Å²) in [4.78, 5) is 0.371. The minimum Gasteiger partial charge on any atom is -0.328 e. The van der Waals surface area contributed by atoms with Crippen molar-refractivity contribution < 1.29 is 8.42 Å². The van der Waals surface area contributed by atoms with Crippen LogP contribution in [0.2, 0.25) is 0 Å². The third-order valence-corrected chi connectivity index (χ3v) is 7.33. The molecular formula is C14H19BrN2O2S. The third kappa shape index (κ3) is 2.32. The minimum atomic E-state index is -3.44. The fraction of sp³-hybridized carbons (Fsp3) is 0.571. The van der Waals surface area contributed by atoms with Crippen molar-refractivity contribution in [2.45, 2.75) is 55.6 Å². The standard InChI is InChI=1S/C14H19BrN2O2S/c1-9-2-5-14(13(15)6-9)20(18,19)17-11-3-4-12(17)8-10(16)7-11/h2,5-6,10-12H,3-4,7-8,16H2,1H3. The summed E-state index contributed by atoms with van der Waals surface area (Å²) in [7, 11) is -3.44. The van der Waals surface area contributed by atoms with E-state index in [9.17, 15) is 8.42 Å². The van der Waals surface area contributed by atoms with E-state index in [1.165, 1.54) is 0 Å². The molecule has 0 amide bonds. The summed E-state index contributed by atoms with van der Waals surface area (Å²) in [6, 6.07) is 5.67. The van der Waals surface area contributed by atoms with Gasteiger partial charge in [-0.15, -0.1) is 0 Å². The molecule has 2 atom stereocenters. The molecule has 2 aliphatic heterocycles. The molecule has 0 saturated carbocycles. The Morgan fingerprint density at radius 3 is 2.40 bits per heavy atom. The van der Waals surface area contributed by atoms with Gasteiger partial charge in [-0.05, 0) is 66.2 Å². The van der Waals surface area contributed by atoms with Crippen LogP contribution in [0.4, 0.5) is 0 Å². The first-order valence-electron chi connectivity index (χ1n) is 6.95. The Bertz CT molecular complexity index is 618. The van der Waals surface area contributed by atoms with Gasteiger partial charge in [-0.2, -0.15) is 4.31 Å². The maximum atomic E-state index is 12.9. The van der Waals surface area contributed by atoms with Crippen LogP contribution in [-0.2, 0) is 10.0 Å². The van der Waals surface area contributed by atoms with Gasteiger partial charge in [-0.1, -0.05) is 6.07 Å². The highest BCUT2D eigenvalue weighted by Crippen LogP contribution is 2.40. The molecule has 2 bridgehead atoms. The van der Waals surface area contributed by atoms with Crippen molar-refractivity contribution in [3.8, 4) is 0 Å². The molecule has 0 spiro atoms. The van der Waals surface area contributed by atoms with E-state index in [1.54, 1.807) is 10.4 Å². The topological polar surface area (TPSA) is 63.4 Å². The van der Waals surface area contributed by atoms with Crippen LogP contribution in [0.5, 0.6) is 0 Å². The van der Waals surface area contributed by atoms with Crippen LogP contribution in [-0.4, -0.2) is 30.8 Å². The van der Waals surface area contributed by atoms with E-state index < -0.39 is 10.0 Å². The van der Waals surface area contributed by atoms with Crippen LogP contribution in [0.15, 0.2) is 27.6 Å². The summed E-state index contributed by atoms with van der Waals surface area (Å²) >= 11 is 3.39. The molecular weight excluding hydrogens is 340 g/mol. The fourth-order valence-electron chi connectivity index (χ4n) is 3.50. The molecule has 0 aromatic heterocycles. The molecule has 110 valence electrons. The average molecular weight is 359 g/mol. The number of piperidine rings is 1. The van der Waals surface area contributed by atoms with Gasteiger partial charge in [0.2, 0.25) is 10.0 Å². The predicted molar refractivity (Wildman–Crippen MR) is 81.9 cm³/mol. The first-order valence-corrected chi connectivity index (χ1v) is 9.18. The summed E-state index contributed by atoms with van der Waals surface area (Å²) in [5.74, 6) is 0. The van der Waals surface area contributed by atoms with E-state index in [0.29, 0.717) is 9.37 Å². The van der Waals surface area contributed by atoms with E-state index in [2.05, 4.69) is 15.9 Å². The van der Waals surface area contributed by atoms with Crippen LogP contribution in [0, 0.1) is 6.92 Å². The SMILES string of the molecule is Cc1ccc(S(=O)(=O)N2C3CCC2CC(N)C3)c(Br)c1. The molecule has 3 rings (SSSR count). The smallest absolute Gasteiger partial charge is 0.244 e. The minimum absolute atomic E-state index is 0.0713. The van der Waals surface area contributed by atoms with Crippen molar-refractivity contribution in [1.82, 2.24) is 4.31 Å². The lowest BCUT2D eigenvalue weighted by Crippen LogP contribution is -2.50. The number of sulfonamides is 1. The van der Waals surface area contributed by atoms with Gasteiger partial charge in [0, 0.05) is 22.6 Å². The Kier molecular flexibility index (Phi) is 3.69. The van der Waals surface area contributed by atoms with Crippen LogP contribution in [0.1, 0.15) is 31.2 Å². The number of nitrogens with zero attached hydrogens (tertiary/aromatic N) is 1. The molecule has 2 unspecified atom stereocenters. The normalized spacial score (nSPS) is 30.6. The second-order valence-corrected chi connectivity index (χ2v) is 8.55. The molecule has 0 radical (unpaired) electrons. The summed E-state index contributed by atoms with van der Waals surface area (Å²) in [6.45, 7) is 1.95. The van der Waals surface area contributed by atoms with Gasteiger partial charge in [-0.3, -0.25) is 0 Å². The molecule has 2 fully saturated rings. The summed E-state index contributed by atoms with van der Waals surface area (Å²) in [5, 5.41) is 0. The highest BCUT2D eigenvalue weighted by atomic mass is 79.9. The number of halogens is 1. The van der Waals surface area contributed by atoms with Gasteiger partial charge in [0.1, 0.15) is 0 Å². The zero-order chi connectivity index (χ0) is 14.5. The second kappa shape index (κ2) is 5.09. The van der Waals surface area contributed by atoms with E-state index in [4.69, 9.17) is 5.73 Å². The van der Waals surface area contributed by atoms with Crippen molar-refractivity contribution >= 4 is 26.0 Å². The highest BCUT2D eigenvalue weighted by molar-refractivity contribution is 9.10. The Hall–Kier alpha value is -0.430. The quantitative estimate of drug-likeness (QED) is 0.882. The van der Waals surface area contributed by atoms with Crippen LogP contribution in [0.3, 0.4) is 0 Å². The highest BCUT2D eigenvalue weighted by Gasteiger charge is 2.46. The van der Waals surface area contributed by atoms with Gasteiger partial charge in [-0.25, -0.2) is 8.42 Å². The molecule has 2 N–H and O–H groups in total. The van der Waals surface area contributed by atoms with Crippen LogP contribution >= 0.6 is 15.9 Å². The largest absolute Gasteiger partial charge is 0.328 e. The number of nitrogens with two attached hydrogens (primary N) is 1. The Labute approximate surface area is 128 Å². The summed E-state index contributed by atoms with van der Waals surface area (Å²) in [6.07, 6.45) is 3.42. The number of rotatable bonds is 2. The summed E-state index contributed by atoms with van der Waals surface area (Å²) in [5.41, 5.74) is 7.06. The zero-order valence-corrected chi connectivity index (χ0v) is 13.8. The third-order valence-electron chi connectivity index (χ3n) is 4.35. The molecule has 1 aromatic carbocycles. The van der Waals surface area contributed by atoms with E-state index in [-0.39, 0.29) is 18.1 Å². The van der Waals surface area contributed by atoms with Crippen molar-refractivity contribution in [2.75, 3.05) is 0 Å². The molecule has 2 saturated heterocycles. The maximum Gasteiger partial charge on any atom is 0.244 e. The molecule has 2 heterocycles. The average Bonchev–Trinajstić information content (AvgIpc) is 2.62. The molecule has 6 heteroatoms. The number of fused-ring (bicyclic) bond motifs is 2. The van der Waals surface area contributed by atoms with Crippen molar-refractivity contribution in [3.05, 3.63) is 28.2 Å². The van der Waals surface area contributed by atoms with Crippen molar-refractivity contribution in [1.29, 1.82) is 0 Å². The Morgan fingerprint density at radius 1 is 1.25 bits per heavy atom. The monoisotopic (exact) mass is 358 g/mol. The molecule has 4 nitrogen and oxygen atoms in total. The predicted octanol–water partition coefficient (Wildman–Crippen LogP) is 2.40. The first kappa shape index (κ1) is 14.5. The number of benzene rings is 1. The molecule has 20 heavy (non-hydrogen) atoms. The van der Waals surface area contributed by atoms with Crippen molar-refractivity contribution in [3.63, 3.8) is 0 Å². The lowest BCUT2D eigenvalue weighted by Gasteiger charge is -2.36. The molecule has 2 aliphatic rings. The molecule has 0 aliphatic carbocycles. The Balaban J connectivity index is 2.01. The lowest BCUT2D eigenvalue weighted by atomic mass is 10.0. The van der Waals surface area contributed by atoms with Crippen LogP contribution < -0.4 is 5.73 Å². The van der Waals surface area contributed by atoms with Gasteiger partial charge in [0.05, 0.1) is 4.90 Å². The van der Waals surface area contributed by atoms with Crippen molar-refractivity contribution in [2.24, 2.45) is 5.73 Å². The van der Waals surface area contributed by atoms with Gasteiger partial charge in [0.25, 0.3) is 0 Å². The Morgan fingerprint density at radius 2 is 1.85 bits per heavy atom. The van der Waals surface area contributed by atoms with E-state index in [0.717, 1.165) is 31.2 Å². The maximum absolute atomic E-state index is 12.9. The first-order chi connectivity index (χ1) is 9.39. The van der Waals surface area contributed by atoms with E-state index >= 15 is 0 Å². The fourth-order valence-corrected chi connectivity index (χ4v) is 6.54. The lowest BCUT2D eigenvalue weighted by molar-refractivity contribution is 0.227. The zero-order valence-electron chi connectivity index (χ0n) is 11.4. The molecule has 1 aromatic rings. The van der Waals surface area contributed by atoms with Gasteiger partial charge in [0.15, 0.2) is 0 Å². The number of aryl methyl sites for hydroxylation is 1.